The summed E-state index contributed by atoms with van der Waals surface area (Å²) in [5, 5.41) is 6.91. The number of hydrogen-bond donors (Lipinski definition) is 1. The average Bonchev–Trinajstić information content (AvgIpc) is 2.97. The fourth-order valence-electron chi connectivity index (χ4n) is 2.40. The molecule has 0 saturated carbocycles. The Bertz CT molecular complexity index is 991. The summed E-state index contributed by atoms with van der Waals surface area (Å²) in [4.78, 5) is 12.3. The lowest BCUT2D eigenvalue weighted by atomic mass is 10.2. The van der Waals surface area contributed by atoms with Crippen molar-refractivity contribution >= 4 is 34.9 Å². The Kier molecular flexibility index (Phi) is 6.11. The van der Waals surface area contributed by atoms with Gasteiger partial charge in [0, 0.05) is 22.3 Å². The lowest BCUT2D eigenvalue weighted by Gasteiger charge is -2.07. The van der Waals surface area contributed by atoms with E-state index in [0.717, 1.165) is 6.07 Å². The topological polar surface area (TPSA) is 56.2 Å². The van der Waals surface area contributed by atoms with Crippen molar-refractivity contribution in [3.8, 4) is 5.75 Å². The molecule has 0 radical (unpaired) electrons. The number of nitrogens with one attached hydrogen (secondary N) is 1. The molecule has 1 amide bonds. The van der Waals surface area contributed by atoms with E-state index in [1.807, 2.05) is 0 Å². The first-order valence-corrected chi connectivity index (χ1v) is 8.61. The second-order valence-corrected chi connectivity index (χ2v) is 6.40. The van der Waals surface area contributed by atoms with Crippen molar-refractivity contribution in [2.24, 2.45) is 0 Å². The molecule has 3 aromatic rings. The molecule has 0 aliphatic carbocycles. The Morgan fingerprint density at radius 1 is 1.18 bits per heavy atom. The number of benzene rings is 2. The van der Waals surface area contributed by atoms with Crippen LogP contribution in [0.2, 0.25) is 10.0 Å². The van der Waals surface area contributed by atoms with E-state index in [-0.39, 0.29) is 39.3 Å². The van der Waals surface area contributed by atoms with E-state index in [4.69, 9.17) is 23.2 Å². The molecule has 28 heavy (non-hydrogen) atoms. The van der Waals surface area contributed by atoms with Gasteiger partial charge in [0.25, 0.3) is 5.91 Å². The second kappa shape index (κ2) is 8.53. The molecule has 0 atom stereocenters. The zero-order valence-electron chi connectivity index (χ0n) is 14.0. The van der Waals surface area contributed by atoms with Crippen molar-refractivity contribution in [3.05, 3.63) is 75.7 Å². The normalized spacial score (nSPS) is 10.9. The predicted molar refractivity (Wildman–Crippen MR) is 98.8 cm³/mol. The van der Waals surface area contributed by atoms with Gasteiger partial charge >= 0.3 is 6.61 Å². The molecule has 146 valence electrons. The first kappa shape index (κ1) is 20.0. The molecule has 2 aromatic carbocycles. The van der Waals surface area contributed by atoms with E-state index in [1.165, 1.54) is 41.2 Å². The van der Waals surface area contributed by atoms with E-state index >= 15 is 0 Å². The third-order valence-electron chi connectivity index (χ3n) is 3.65. The van der Waals surface area contributed by atoms with Crippen molar-refractivity contribution < 1.29 is 22.7 Å². The number of rotatable bonds is 6. The predicted octanol–water partition coefficient (Wildman–Crippen LogP) is 5.23. The molecule has 10 heteroatoms. The molecule has 3 rings (SSSR count). The summed E-state index contributed by atoms with van der Waals surface area (Å²) in [6.07, 6.45) is 1.40. The monoisotopic (exact) mass is 429 g/mol. The highest BCUT2D eigenvalue weighted by Gasteiger charge is 2.15. The molecule has 1 aromatic heterocycles. The van der Waals surface area contributed by atoms with Crippen molar-refractivity contribution in [2.75, 3.05) is 5.32 Å². The molecule has 0 aliphatic rings. The van der Waals surface area contributed by atoms with Crippen LogP contribution in [0.3, 0.4) is 0 Å². The number of halogens is 5. The van der Waals surface area contributed by atoms with Crippen LogP contribution in [0.4, 0.5) is 19.0 Å². The van der Waals surface area contributed by atoms with Gasteiger partial charge in [0.05, 0.1) is 6.54 Å². The maximum absolute atomic E-state index is 13.9. The summed E-state index contributed by atoms with van der Waals surface area (Å²) in [7, 11) is 0. The van der Waals surface area contributed by atoms with Crippen molar-refractivity contribution in [1.82, 2.24) is 9.78 Å². The number of carbonyl (C=O) groups is 1. The molecular weight excluding hydrogens is 418 g/mol. The Morgan fingerprint density at radius 3 is 2.64 bits per heavy atom. The third kappa shape index (κ3) is 4.76. The Hall–Kier alpha value is -2.71. The number of anilines is 1. The summed E-state index contributed by atoms with van der Waals surface area (Å²) < 4.78 is 44.1. The highest BCUT2D eigenvalue weighted by molar-refractivity contribution is 6.33. The maximum Gasteiger partial charge on any atom is 0.387 e. The lowest BCUT2D eigenvalue weighted by Crippen LogP contribution is -2.13. The molecule has 0 unspecified atom stereocenters. The maximum atomic E-state index is 13.9. The van der Waals surface area contributed by atoms with Crippen LogP contribution in [0, 0.1) is 5.82 Å². The van der Waals surface area contributed by atoms with Gasteiger partial charge in [-0.05, 0) is 30.3 Å². The third-order valence-corrected chi connectivity index (χ3v) is 4.28. The van der Waals surface area contributed by atoms with Gasteiger partial charge in [-0.3, -0.25) is 9.48 Å². The molecule has 1 heterocycles. The zero-order valence-corrected chi connectivity index (χ0v) is 15.5. The number of carbonyl (C=O) groups excluding carboxylic acids is 1. The number of aromatic nitrogens is 2. The van der Waals surface area contributed by atoms with Crippen LogP contribution in [-0.2, 0) is 6.54 Å². The molecular formula is C18H12Cl2F3N3O2. The van der Waals surface area contributed by atoms with Gasteiger partial charge in [0.15, 0.2) is 5.82 Å². The number of hydrogen-bond acceptors (Lipinski definition) is 3. The number of amides is 1. The molecule has 0 spiro atoms. The number of alkyl halides is 2. The van der Waals surface area contributed by atoms with Gasteiger partial charge in [0.1, 0.15) is 16.6 Å². The summed E-state index contributed by atoms with van der Waals surface area (Å²) in [5.41, 5.74) is 0.291. The second-order valence-electron chi connectivity index (χ2n) is 5.58. The highest BCUT2D eigenvalue weighted by atomic mass is 35.5. The molecule has 0 aliphatic heterocycles. The van der Waals surface area contributed by atoms with Gasteiger partial charge < -0.3 is 10.1 Å². The molecule has 5 nitrogen and oxygen atoms in total. The Labute approximate surface area is 167 Å². The fourth-order valence-corrected chi connectivity index (χ4v) is 2.82. The Morgan fingerprint density at radius 2 is 1.93 bits per heavy atom. The molecule has 0 bridgehead atoms. The van der Waals surface area contributed by atoms with Crippen molar-refractivity contribution in [2.45, 2.75) is 13.2 Å². The smallest absolute Gasteiger partial charge is 0.387 e. The summed E-state index contributed by atoms with van der Waals surface area (Å²) in [6.45, 7) is -3.01. The van der Waals surface area contributed by atoms with Crippen LogP contribution in [0.1, 0.15) is 15.9 Å². The molecule has 0 fully saturated rings. The molecule has 1 N–H and O–H groups in total. The van der Waals surface area contributed by atoms with Crippen molar-refractivity contribution in [3.63, 3.8) is 0 Å². The van der Waals surface area contributed by atoms with Crippen LogP contribution in [0.5, 0.6) is 5.75 Å². The minimum Gasteiger partial charge on any atom is -0.435 e. The lowest BCUT2D eigenvalue weighted by molar-refractivity contribution is -0.0498. The summed E-state index contributed by atoms with van der Waals surface area (Å²) in [6, 6.07) is 9.55. The van der Waals surface area contributed by atoms with E-state index in [1.54, 1.807) is 6.07 Å². The molecule has 0 saturated heterocycles. The first-order valence-electron chi connectivity index (χ1n) is 7.85. The SMILES string of the molecule is O=C(Nc1nn(Cc2c(F)cccc2Cl)cc1Cl)c1cccc(OC(F)F)c1. The summed E-state index contributed by atoms with van der Waals surface area (Å²) in [5.74, 6) is -1.26. The average molecular weight is 430 g/mol. The Balaban J connectivity index is 1.76. The van der Waals surface area contributed by atoms with Gasteiger partial charge in [0.2, 0.25) is 0 Å². The van der Waals surface area contributed by atoms with Gasteiger partial charge in [-0.2, -0.15) is 13.9 Å². The van der Waals surface area contributed by atoms with Crippen LogP contribution in [0.15, 0.2) is 48.7 Å². The van der Waals surface area contributed by atoms with E-state index < -0.39 is 18.3 Å². The minimum atomic E-state index is -3.01. The van der Waals surface area contributed by atoms with Crippen LogP contribution in [0.25, 0.3) is 0 Å². The largest absolute Gasteiger partial charge is 0.435 e. The van der Waals surface area contributed by atoms with Crippen molar-refractivity contribution in [1.29, 1.82) is 0 Å². The van der Waals surface area contributed by atoms with Gasteiger partial charge in [-0.15, -0.1) is 0 Å². The first-order chi connectivity index (χ1) is 13.3. The highest BCUT2D eigenvalue weighted by Crippen LogP contribution is 2.24. The zero-order chi connectivity index (χ0) is 20.3. The standard InChI is InChI=1S/C18H12Cl2F3N3O2/c19-13-5-2-6-15(21)12(13)8-26-9-14(20)16(25-26)24-17(27)10-3-1-4-11(7-10)28-18(22)23/h1-7,9,18H,8H2,(H,24,25,27). The van der Waals surface area contributed by atoms with Gasteiger partial charge in [-0.1, -0.05) is 35.3 Å². The van der Waals surface area contributed by atoms with Crippen LogP contribution >= 0.6 is 23.2 Å². The minimum absolute atomic E-state index is 0.00118. The fraction of sp³-hybridized carbons (Fsp3) is 0.111. The van der Waals surface area contributed by atoms with E-state index in [0.29, 0.717) is 0 Å². The van der Waals surface area contributed by atoms with E-state index in [9.17, 15) is 18.0 Å². The van der Waals surface area contributed by atoms with Crippen LogP contribution in [-0.4, -0.2) is 22.3 Å². The summed E-state index contributed by atoms with van der Waals surface area (Å²) >= 11 is 12.1. The number of nitrogens with zero attached hydrogens (tertiary/aromatic N) is 2. The van der Waals surface area contributed by atoms with Gasteiger partial charge in [-0.25, -0.2) is 4.39 Å². The van der Waals surface area contributed by atoms with E-state index in [2.05, 4.69) is 15.2 Å². The number of ether oxygens (including phenoxy) is 1. The van der Waals surface area contributed by atoms with Crippen LogP contribution < -0.4 is 10.1 Å². The quantitative estimate of drug-likeness (QED) is 0.583.